The summed E-state index contributed by atoms with van der Waals surface area (Å²) in [5.41, 5.74) is 3.07. The van der Waals surface area contributed by atoms with E-state index >= 15 is 0 Å². The van der Waals surface area contributed by atoms with Crippen LogP contribution in [0.15, 0.2) is 47.0 Å². The van der Waals surface area contributed by atoms with Gasteiger partial charge in [0, 0.05) is 5.56 Å². The highest BCUT2D eigenvalue weighted by Gasteiger charge is 2.19. The number of rotatable bonds is 8. The zero-order valence-corrected chi connectivity index (χ0v) is 17.1. The molecule has 3 aromatic rings. The van der Waals surface area contributed by atoms with Crippen molar-refractivity contribution in [3.8, 4) is 22.9 Å². The van der Waals surface area contributed by atoms with Gasteiger partial charge in [-0.25, -0.2) is 0 Å². The second kappa shape index (κ2) is 9.23. The number of carbonyl (C=O) groups excluding carboxylic acids is 1. The van der Waals surface area contributed by atoms with E-state index in [1.807, 2.05) is 63.2 Å². The van der Waals surface area contributed by atoms with Crippen LogP contribution >= 0.6 is 0 Å². The molecule has 0 fully saturated rings. The standard InChI is InChI=1S/C22H25N3O4/c1-5-19(28-18-10-9-14(2)15(3)11-18)22(26)23-13-20-24-21(25-29-20)16-7-6-8-17(12-16)27-4/h6-12,19H,5,13H2,1-4H3,(H,23,26)/t19-/m0/s1. The van der Waals surface area contributed by atoms with Crippen molar-refractivity contribution in [2.45, 2.75) is 39.8 Å². The van der Waals surface area contributed by atoms with E-state index in [1.165, 1.54) is 5.56 Å². The third-order valence-corrected chi connectivity index (χ3v) is 4.63. The largest absolute Gasteiger partial charge is 0.497 e. The maximum atomic E-state index is 12.5. The first-order valence-corrected chi connectivity index (χ1v) is 9.48. The molecule has 0 spiro atoms. The van der Waals surface area contributed by atoms with Crippen molar-refractivity contribution in [1.82, 2.24) is 15.5 Å². The SMILES string of the molecule is CC[C@H](Oc1ccc(C)c(C)c1)C(=O)NCc1nc(-c2cccc(OC)c2)no1. The molecule has 0 saturated carbocycles. The van der Waals surface area contributed by atoms with Gasteiger partial charge in [0.15, 0.2) is 6.10 Å². The molecule has 29 heavy (non-hydrogen) atoms. The topological polar surface area (TPSA) is 86.5 Å². The van der Waals surface area contributed by atoms with Crippen LogP contribution in [0.4, 0.5) is 0 Å². The van der Waals surface area contributed by atoms with E-state index in [2.05, 4.69) is 15.5 Å². The molecule has 152 valence electrons. The molecule has 1 atom stereocenters. The van der Waals surface area contributed by atoms with Crippen LogP contribution in [-0.4, -0.2) is 29.3 Å². The van der Waals surface area contributed by atoms with E-state index in [-0.39, 0.29) is 12.5 Å². The fraction of sp³-hybridized carbons (Fsp3) is 0.318. The van der Waals surface area contributed by atoms with Crippen LogP contribution in [0, 0.1) is 13.8 Å². The molecule has 0 aliphatic carbocycles. The molecule has 1 amide bonds. The molecule has 7 nitrogen and oxygen atoms in total. The number of hydrogen-bond donors (Lipinski definition) is 1. The van der Waals surface area contributed by atoms with Gasteiger partial charge in [0.25, 0.3) is 5.91 Å². The number of ether oxygens (including phenoxy) is 2. The van der Waals surface area contributed by atoms with Crippen molar-refractivity contribution in [1.29, 1.82) is 0 Å². The zero-order chi connectivity index (χ0) is 20.8. The Hall–Kier alpha value is -3.35. The van der Waals surface area contributed by atoms with Crippen molar-refractivity contribution in [2.24, 2.45) is 0 Å². The maximum Gasteiger partial charge on any atom is 0.261 e. The van der Waals surface area contributed by atoms with Gasteiger partial charge in [0.05, 0.1) is 13.7 Å². The predicted molar refractivity (Wildman–Crippen MR) is 109 cm³/mol. The summed E-state index contributed by atoms with van der Waals surface area (Å²) in [7, 11) is 1.60. The maximum absolute atomic E-state index is 12.5. The van der Waals surface area contributed by atoms with E-state index in [1.54, 1.807) is 7.11 Å². The van der Waals surface area contributed by atoms with Crippen molar-refractivity contribution in [3.05, 3.63) is 59.5 Å². The molecule has 2 aromatic carbocycles. The van der Waals surface area contributed by atoms with Crippen LogP contribution < -0.4 is 14.8 Å². The molecular weight excluding hydrogens is 370 g/mol. The summed E-state index contributed by atoms with van der Waals surface area (Å²) in [5, 5.41) is 6.76. The Labute approximate surface area is 170 Å². The van der Waals surface area contributed by atoms with Crippen LogP contribution in [0.2, 0.25) is 0 Å². The first-order chi connectivity index (χ1) is 14.0. The number of nitrogens with zero attached hydrogens (tertiary/aromatic N) is 2. The van der Waals surface area contributed by atoms with Crippen molar-refractivity contribution >= 4 is 5.91 Å². The Morgan fingerprint density at radius 3 is 2.69 bits per heavy atom. The summed E-state index contributed by atoms with van der Waals surface area (Å²) in [6.45, 7) is 6.08. The Morgan fingerprint density at radius 2 is 1.97 bits per heavy atom. The van der Waals surface area contributed by atoms with Gasteiger partial charge in [-0.1, -0.05) is 30.3 Å². The van der Waals surface area contributed by atoms with Gasteiger partial charge < -0.3 is 19.3 Å². The Morgan fingerprint density at radius 1 is 1.14 bits per heavy atom. The van der Waals surface area contributed by atoms with Crippen LogP contribution in [0.3, 0.4) is 0 Å². The van der Waals surface area contributed by atoms with Crippen LogP contribution in [-0.2, 0) is 11.3 Å². The minimum Gasteiger partial charge on any atom is -0.497 e. The van der Waals surface area contributed by atoms with E-state index < -0.39 is 6.10 Å². The average Bonchev–Trinajstić information content (AvgIpc) is 3.22. The molecule has 0 bridgehead atoms. The average molecular weight is 395 g/mol. The smallest absolute Gasteiger partial charge is 0.261 e. The summed E-state index contributed by atoms with van der Waals surface area (Å²) >= 11 is 0. The second-order valence-electron chi connectivity index (χ2n) is 6.72. The van der Waals surface area contributed by atoms with Gasteiger partial charge in [-0.15, -0.1) is 0 Å². The van der Waals surface area contributed by atoms with Gasteiger partial charge in [0.1, 0.15) is 11.5 Å². The fourth-order valence-electron chi connectivity index (χ4n) is 2.76. The van der Waals surface area contributed by atoms with E-state index in [0.29, 0.717) is 29.6 Å². The predicted octanol–water partition coefficient (Wildman–Crippen LogP) is 3.84. The lowest BCUT2D eigenvalue weighted by Gasteiger charge is -2.17. The summed E-state index contributed by atoms with van der Waals surface area (Å²) in [4.78, 5) is 16.9. The summed E-state index contributed by atoms with van der Waals surface area (Å²) in [6.07, 6.45) is -0.0598. The molecule has 1 N–H and O–H groups in total. The van der Waals surface area contributed by atoms with E-state index in [9.17, 15) is 4.79 Å². The molecule has 0 aliphatic heterocycles. The molecule has 1 aromatic heterocycles. The van der Waals surface area contributed by atoms with Gasteiger partial charge in [-0.2, -0.15) is 4.98 Å². The number of hydrogen-bond acceptors (Lipinski definition) is 6. The van der Waals surface area contributed by atoms with Gasteiger partial charge in [-0.3, -0.25) is 4.79 Å². The second-order valence-corrected chi connectivity index (χ2v) is 6.72. The van der Waals surface area contributed by atoms with Crippen molar-refractivity contribution in [3.63, 3.8) is 0 Å². The molecule has 0 saturated heterocycles. The minimum atomic E-state index is -0.599. The summed E-state index contributed by atoms with van der Waals surface area (Å²) < 4.78 is 16.3. The quantitative estimate of drug-likeness (QED) is 0.624. The summed E-state index contributed by atoms with van der Waals surface area (Å²) in [6, 6.07) is 13.2. The number of amides is 1. The van der Waals surface area contributed by atoms with E-state index in [4.69, 9.17) is 14.0 Å². The van der Waals surface area contributed by atoms with Crippen LogP contribution in [0.1, 0.15) is 30.4 Å². The van der Waals surface area contributed by atoms with E-state index in [0.717, 1.165) is 11.1 Å². The fourth-order valence-corrected chi connectivity index (χ4v) is 2.76. The highest BCUT2D eigenvalue weighted by atomic mass is 16.5. The normalized spacial score (nSPS) is 11.7. The van der Waals surface area contributed by atoms with Crippen LogP contribution in [0.5, 0.6) is 11.5 Å². The Balaban J connectivity index is 1.60. The number of methoxy groups -OCH3 is 1. The van der Waals surface area contributed by atoms with Gasteiger partial charge >= 0.3 is 0 Å². The molecule has 0 radical (unpaired) electrons. The number of nitrogens with one attached hydrogen (secondary N) is 1. The lowest BCUT2D eigenvalue weighted by Crippen LogP contribution is -2.37. The Kier molecular flexibility index (Phi) is 6.49. The third kappa shape index (κ3) is 5.13. The third-order valence-electron chi connectivity index (χ3n) is 4.63. The highest BCUT2D eigenvalue weighted by molar-refractivity contribution is 5.81. The number of carbonyl (C=O) groups is 1. The molecule has 7 heteroatoms. The molecule has 0 unspecified atom stereocenters. The van der Waals surface area contributed by atoms with Crippen molar-refractivity contribution in [2.75, 3.05) is 7.11 Å². The van der Waals surface area contributed by atoms with Crippen molar-refractivity contribution < 1.29 is 18.8 Å². The first-order valence-electron chi connectivity index (χ1n) is 9.48. The lowest BCUT2D eigenvalue weighted by molar-refractivity contribution is -0.128. The minimum absolute atomic E-state index is 0.128. The van der Waals surface area contributed by atoms with Crippen LogP contribution in [0.25, 0.3) is 11.4 Å². The molecule has 1 heterocycles. The molecular formula is C22H25N3O4. The zero-order valence-electron chi connectivity index (χ0n) is 17.1. The summed E-state index contributed by atoms with van der Waals surface area (Å²) in [5.74, 6) is 1.90. The molecule has 3 rings (SSSR count). The number of aromatic nitrogens is 2. The molecule has 0 aliphatic rings. The number of aryl methyl sites for hydroxylation is 2. The first kappa shape index (κ1) is 20.4. The van der Waals surface area contributed by atoms with Gasteiger partial charge in [-0.05, 0) is 55.7 Å². The van der Waals surface area contributed by atoms with Gasteiger partial charge in [0.2, 0.25) is 11.7 Å². The highest BCUT2D eigenvalue weighted by Crippen LogP contribution is 2.21. The number of benzene rings is 2. The Bertz CT molecular complexity index is 984. The monoisotopic (exact) mass is 395 g/mol. The lowest BCUT2D eigenvalue weighted by atomic mass is 10.1.